The third kappa shape index (κ3) is 2.11. The minimum Gasteiger partial charge on any atom is -0.383 e. The predicted octanol–water partition coefficient (Wildman–Crippen LogP) is 2.49. The van der Waals surface area contributed by atoms with Gasteiger partial charge in [-0.3, -0.25) is 4.79 Å². The quantitative estimate of drug-likeness (QED) is 0.844. The molecule has 0 fully saturated rings. The van der Waals surface area contributed by atoms with Crippen molar-refractivity contribution in [1.82, 2.24) is 9.78 Å². The first-order chi connectivity index (χ1) is 8.67. The van der Waals surface area contributed by atoms with Crippen LogP contribution < -0.4 is 5.73 Å². The maximum absolute atomic E-state index is 12.9. The molecule has 1 heterocycles. The first-order valence-electron chi connectivity index (χ1n) is 5.74. The predicted molar refractivity (Wildman–Crippen MR) is 67.7 cm³/mol. The van der Waals surface area contributed by atoms with Crippen LogP contribution in [0.4, 0.5) is 10.2 Å². The zero-order chi connectivity index (χ0) is 13.1. The molecule has 2 rings (SSSR count). The molecule has 4 nitrogen and oxygen atoms in total. The fourth-order valence-electron chi connectivity index (χ4n) is 1.81. The molecular formula is C13H14FN3O. The van der Waals surface area contributed by atoms with Crippen LogP contribution in [0.3, 0.4) is 0 Å². The highest BCUT2D eigenvalue weighted by Crippen LogP contribution is 2.26. The number of aryl methyl sites for hydroxylation is 1. The number of benzene rings is 1. The lowest BCUT2D eigenvalue weighted by Gasteiger charge is -1.99. The standard InChI is InChI=1S/C13H14FN3O/c1-2-7-17-13(15)11(8-18)12(16-17)9-3-5-10(14)6-4-9/h3-6,8H,2,7,15H2,1H3. The van der Waals surface area contributed by atoms with Crippen molar-refractivity contribution in [2.24, 2.45) is 0 Å². The van der Waals surface area contributed by atoms with Crippen LogP contribution >= 0.6 is 0 Å². The monoisotopic (exact) mass is 247 g/mol. The van der Waals surface area contributed by atoms with Crippen LogP contribution in [0.1, 0.15) is 23.7 Å². The Morgan fingerprint density at radius 2 is 2.06 bits per heavy atom. The third-order valence-electron chi connectivity index (χ3n) is 2.70. The lowest BCUT2D eigenvalue weighted by atomic mass is 10.1. The van der Waals surface area contributed by atoms with E-state index in [4.69, 9.17) is 5.73 Å². The molecule has 0 unspecified atom stereocenters. The van der Waals surface area contributed by atoms with E-state index in [-0.39, 0.29) is 5.82 Å². The molecule has 2 aromatic rings. The van der Waals surface area contributed by atoms with Gasteiger partial charge in [0.2, 0.25) is 0 Å². The summed E-state index contributed by atoms with van der Waals surface area (Å²) >= 11 is 0. The van der Waals surface area contributed by atoms with E-state index in [1.54, 1.807) is 16.8 Å². The van der Waals surface area contributed by atoms with Crippen LogP contribution in [0.25, 0.3) is 11.3 Å². The molecule has 94 valence electrons. The van der Waals surface area contributed by atoms with E-state index in [0.29, 0.717) is 35.5 Å². The summed E-state index contributed by atoms with van der Waals surface area (Å²) in [7, 11) is 0. The Labute approximate surface area is 104 Å². The summed E-state index contributed by atoms with van der Waals surface area (Å²) in [6.45, 7) is 2.65. The van der Waals surface area contributed by atoms with Crippen LogP contribution in [0.15, 0.2) is 24.3 Å². The Bertz CT molecular complexity index is 560. The molecule has 0 radical (unpaired) electrons. The largest absolute Gasteiger partial charge is 0.383 e. The van der Waals surface area contributed by atoms with Crippen LogP contribution in [-0.2, 0) is 6.54 Å². The first kappa shape index (κ1) is 12.3. The van der Waals surface area contributed by atoms with Gasteiger partial charge in [-0.15, -0.1) is 0 Å². The number of aromatic nitrogens is 2. The molecule has 1 aromatic carbocycles. The molecule has 0 aliphatic heterocycles. The van der Waals surface area contributed by atoms with Gasteiger partial charge < -0.3 is 5.73 Å². The van der Waals surface area contributed by atoms with Crippen molar-refractivity contribution in [3.63, 3.8) is 0 Å². The smallest absolute Gasteiger partial charge is 0.156 e. The van der Waals surface area contributed by atoms with E-state index in [2.05, 4.69) is 5.10 Å². The van der Waals surface area contributed by atoms with Crippen LogP contribution in [0.5, 0.6) is 0 Å². The maximum Gasteiger partial charge on any atom is 0.156 e. The van der Waals surface area contributed by atoms with Gasteiger partial charge in [-0.25, -0.2) is 9.07 Å². The van der Waals surface area contributed by atoms with Crippen LogP contribution in [-0.4, -0.2) is 16.1 Å². The Kier molecular flexibility index (Phi) is 3.41. The molecule has 18 heavy (non-hydrogen) atoms. The van der Waals surface area contributed by atoms with Gasteiger partial charge in [-0.2, -0.15) is 5.10 Å². The molecule has 5 heteroatoms. The summed E-state index contributed by atoms with van der Waals surface area (Å²) in [5, 5.41) is 4.31. The number of nitrogens with zero attached hydrogens (tertiary/aromatic N) is 2. The molecule has 0 amide bonds. The number of anilines is 1. The summed E-state index contributed by atoms with van der Waals surface area (Å²) < 4.78 is 14.5. The number of carbonyl (C=O) groups excluding carboxylic acids is 1. The van der Waals surface area contributed by atoms with Crippen molar-refractivity contribution in [2.45, 2.75) is 19.9 Å². The number of rotatable bonds is 4. The first-order valence-corrected chi connectivity index (χ1v) is 5.74. The highest BCUT2D eigenvalue weighted by atomic mass is 19.1. The van der Waals surface area contributed by atoms with E-state index >= 15 is 0 Å². The summed E-state index contributed by atoms with van der Waals surface area (Å²) in [4.78, 5) is 11.1. The summed E-state index contributed by atoms with van der Waals surface area (Å²) in [5.41, 5.74) is 7.40. The molecule has 2 N–H and O–H groups in total. The van der Waals surface area contributed by atoms with Gasteiger partial charge in [0.25, 0.3) is 0 Å². The van der Waals surface area contributed by atoms with E-state index < -0.39 is 0 Å². The van der Waals surface area contributed by atoms with E-state index in [9.17, 15) is 9.18 Å². The van der Waals surface area contributed by atoms with Crippen molar-refractivity contribution in [1.29, 1.82) is 0 Å². The molecular weight excluding hydrogens is 233 g/mol. The number of aldehydes is 1. The summed E-state index contributed by atoms with van der Waals surface area (Å²) in [6.07, 6.45) is 1.56. The van der Waals surface area contributed by atoms with Gasteiger partial charge in [0, 0.05) is 12.1 Å². The van der Waals surface area contributed by atoms with Crippen LogP contribution in [0, 0.1) is 5.82 Å². The summed E-state index contributed by atoms with van der Waals surface area (Å²) in [5.74, 6) is 0.0264. The molecule has 0 saturated heterocycles. The van der Waals surface area contributed by atoms with E-state index in [1.165, 1.54) is 12.1 Å². The van der Waals surface area contributed by atoms with Crippen LogP contribution in [0.2, 0.25) is 0 Å². The maximum atomic E-state index is 12.9. The molecule has 0 bridgehead atoms. The Balaban J connectivity index is 2.52. The van der Waals surface area contributed by atoms with Gasteiger partial charge in [0.15, 0.2) is 6.29 Å². The lowest BCUT2D eigenvalue weighted by molar-refractivity contribution is 0.112. The molecule has 0 spiro atoms. The Hall–Kier alpha value is -2.17. The highest BCUT2D eigenvalue weighted by Gasteiger charge is 2.16. The van der Waals surface area contributed by atoms with Crippen molar-refractivity contribution in [3.05, 3.63) is 35.6 Å². The lowest BCUT2D eigenvalue weighted by Crippen LogP contribution is -2.04. The molecule has 0 atom stereocenters. The molecule has 0 aliphatic carbocycles. The second-order valence-electron chi connectivity index (χ2n) is 4.00. The van der Waals surface area contributed by atoms with Gasteiger partial charge in [0.1, 0.15) is 17.3 Å². The number of carbonyl (C=O) groups is 1. The Morgan fingerprint density at radius 3 is 2.61 bits per heavy atom. The van der Waals surface area contributed by atoms with Gasteiger partial charge in [0.05, 0.1) is 5.56 Å². The minimum atomic E-state index is -0.327. The number of hydrogen-bond donors (Lipinski definition) is 1. The van der Waals surface area contributed by atoms with E-state index in [0.717, 1.165) is 6.42 Å². The fourth-order valence-corrected chi connectivity index (χ4v) is 1.81. The zero-order valence-corrected chi connectivity index (χ0v) is 10.1. The average Bonchev–Trinajstić information content (AvgIpc) is 2.68. The van der Waals surface area contributed by atoms with Crippen molar-refractivity contribution < 1.29 is 9.18 Å². The molecule has 1 aromatic heterocycles. The van der Waals surface area contributed by atoms with Crippen molar-refractivity contribution in [2.75, 3.05) is 5.73 Å². The number of nitrogens with two attached hydrogens (primary N) is 1. The van der Waals surface area contributed by atoms with Gasteiger partial charge in [-0.1, -0.05) is 6.92 Å². The average molecular weight is 247 g/mol. The second-order valence-corrected chi connectivity index (χ2v) is 4.00. The van der Waals surface area contributed by atoms with Gasteiger partial charge in [-0.05, 0) is 30.7 Å². The second kappa shape index (κ2) is 5.00. The topological polar surface area (TPSA) is 60.9 Å². The Morgan fingerprint density at radius 1 is 1.39 bits per heavy atom. The number of hydrogen-bond acceptors (Lipinski definition) is 3. The van der Waals surface area contributed by atoms with Gasteiger partial charge >= 0.3 is 0 Å². The fraction of sp³-hybridized carbons (Fsp3) is 0.231. The molecule has 0 aliphatic rings. The van der Waals surface area contributed by atoms with Crippen molar-refractivity contribution >= 4 is 12.1 Å². The third-order valence-corrected chi connectivity index (χ3v) is 2.70. The number of nitrogen functional groups attached to an aromatic ring is 1. The van der Waals surface area contributed by atoms with Crippen molar-refractivity contribution in [3.8, 4) is 11.3 Å². The summed E-state index contributed by atoms with van der Waals surface area (Å²) in [6, 6.07) is 5.83. The van der Waals surface area contributed by atoms with E-state index in [1.807, 2.05) is 6.92 Å². The minimum absolute atomic E-state index is 0.327. The normalized spacial score (nSPS) is 10.6. The zero-order valence-electron chi connectivity index (χ0n) is 10.1. The SMILES string of the molecule is CCCn1nc(-c2ccc(F)cc2)c(C=O)c1N. The number of halogens is 1. The highest BCUT2D eigenvalue weighted by molar-refractivity contribution is 5.91. The molecule has 0 saturated carbocycles.